The summed E-state index contributed by atoms with van der Waals surface area (Å²) < 4.78 is 0. The van der Waals surface area contributed by atoms with Gasteiger partial charge in [-0.1, -0.05) is 6.08 Å². The lowest BCUT2D eigenvalue weighted by Gasteiger charge is -1.99. The van der Waals surface area contributed by atoms with Crippen LogP contribution in [0.2, 0.25) is 0 Å². The summed E-state index contributed by atoms with van der Waals surface area (Å²) in [4.78, 5) is 13.3. The summed E-state index contributed by atoms with van der Waals surface area (Å²) in [6, 6.07) is 3.80. The Bertz CT molecular complexity index is 304. The summed E-state index contributed by atoms with van der Waals surface area (Å²) in [5, 5.41) is 2.81. The van der Waals surface area contributed by atoms with E-state index >= 15 is 0 Å². The Kier molecular flexibility index (Phi) is 3.71. The fourth-order valence-corrected chi connectivity index (χ4v) is 1.72. The molecule has 0 atom stereocenters. The van der Waals surface area contributed by atoms with E-state index in [1.165, 1.54) is 11.3 Å². The van der Waals surface area contributed by atoms with Gasteiger partial charge in [0.15, 0.2) is 0 Å². The molecule has 0 spiro atoms. The van der Waals surface area contributed by atoms with Gasteiger partial charge in [-0.25, -0.2) is 0 Å². The molecule has 0 fully saturated rings. The van der Waals surface area contributed by atoms with Crippen LogP contribution < -0.4 is 5.32 Å². The summed E-state index contributed by atoms with van der Waals surface area (Å²) in [5.74, 6) is 0.0138. The number of hydrogen-bond acceptors (Lipinski definition) is 2. The van der Waals surface area contributed by atoms with Gasteiger partial charge in [-0.15, -0.1) is 17.9 Å². The molecule has 13 heavy (non-hydrogen) atoms. The molecule has 0 saturated carbocycles. The molecule has 2 nitrogen and oxygen atoms in total. The second-order valence-electron chi connectivity index (χ2n) is 2.74. The third-order valence-electron chi connectivity index (χ3n) is 1.60. The predicted molar refractivity (Wildman–Crippen MR) is 56.2 cm³/mol. The average molecular weight is 195 g/mol. The van der Waals surface area contributed by atoms with Gasteiger partial charge in [0.25, 0.3) is 5.91 Å². The Labute approximate surface area is 82.3 Å². The maximum atomic E-state index is 11.4. The standard InChI is InChI=1S/C10H13NOS/c1-3-4-7-11-10(12)9-6-5-8(2)13-9/h3,5-6H,1,4,7H2,2H3,(H,11,12). The van der Waals surface area contributed by atoms with Crippen LogP contribution in [0.3, 0.4) is 0 Å². The van der Waals surface area contributed by atoms with Crippen molar-refractivity contribution >= 4 is 17.2 Å². The molecule has 0 aliphatic carbocycles. The molecule has 0 saturated heterocycles. The van der Waals surface area contributed by atoms with Crippen LogP contribution in [0.15, 0.2) is 24.8 Å². The zero-order valence-electron chi connectivity index (χ0n) is 7.67. The van der Waals surface area contributed by atoms with Gasteiger partial charge in [0.1, 0.15) is 0 Å². The van der Waals surface area contributed by atoms with Crippen molar-refractivity contribution in [3.05, 3.63) is 34.5 Å². The molecule has 1 N–H and O–H groups in total. The van der Waals surface area contributed by atoms with Crippen molar-refractivity contribution in [3.63, 3.8) is 0 Å². The number of aryl methyl sites for hydroxylation is 1. The summed E-state index contributed by atoms with van der Waals surface area (Å²) in [5.41, 5.74) is 0. The predicted octanol–water partition coefficient (Wildman–Crippen LogP) is 2.36. The van der Waals surface area contributed by atoms with E-state index < -0.39 is 0 Å². The lowest BCUT2D eigenvalue weighted by atomic mass is 10.4. The van der Waals surface area contributed by atoms with Crippen molar-refractivity contribution in [1.29, 1.82) is 0 Å². The first-order chi connectivity index (χ1) is 6.24. The highest BCUT2D eigenvalue weighted by atomic mass is 32.1. The molecule has 1 rings (SSSR count). The Hall–Kier alpha value is -1.09. The molecule has 1 amide bonds. The monoisotopic (exact) mass is 195 g/mol. The molecule has 0 bridgehead atoms. The van der Waals surface area contributed by atoms with E-state index in [4.69, 9.17) is 0 Å². The van der Waals surface area contributed by atoms with E-state index in [-0.39, 0.29) is 5.91 Å². The van der Waals surface area contributed by atoms with Crippen LogP contribution >= 0.6 is 11.3 Å². The van der Waals surface area contributed by atoms with E-state index in [0.29, 0.717) is 6.54 Å². The van der Waals surface area contributed by atoms with Crippen molar-refractivity contribution in [2.75, 3.05) is 6.54 Å². The second-order valence-corrected chi connectivity index (χ2v) is 4.03. The summed E-state index contributed by atoms with van der Waals surface area (Å²) >= 11 is 1.52. The van der Waals surface area contributed by atoms with Crippen LogP contribution in [0.1, 0.15) is 21.0 Å². The average Bonchev–Trinajstić information content (AvgIpc) is 2.52. The van der Waals surface area contributed by atoms with Crippen molar-refractivity contribution in [2.24, 2.45) is 0 Å². The molecular weight excluding hydrogens is 182 g/mol. The first-order valence-electron chi connectivity index (χ1n) is 4.19. The van der Waals surface area contributed by atoms with Crippen molar-refractivity contribution < 1.29 is 4.79 Å². The minimum atomic E-state index is 0.0138. The van der Waals surface area contributed by atoms with Crippen LogP contribution in [0.4, 0.5) is 0 Å². The fraction of sp³-hybridized carbons (Fsp3) is 0.300. The lowest BCUT2D eigenvalue weighted by Crippen LogP contribution is -2.22. The maximum Gasteiger partial charge on any atom is 0.261 e. The van der Waals surface area contributed by atoms with Crippen LogP contribution in [-0.2, 0) is 0 Å². The minimum Gasteiger partial charge on any atom is -0.351 e. The normalized spacial score (nSPS) is 9.62. The van der Waals surface area contributed by atoms with Gasteiger partial charge in [-0.3, -0.25) is 4.79 Å². The van der Waals surface area contributed by atoms with Gasteiger partial charge in [0.05, 0.1) is 4.88 Å². The quantitative estimate of drug-likeness (QED) is 0.580. The SMILES string of the molecule is C=CCCNC(=O)c1ccc(C)s1. The minimum absolute atomic E-state index is 0.0138. The third-order valence-corrected chi connectivity index (χ3v) is 2.60. The van der Waals surface area contributed by atoms with Crippen LogP contribution in [0.25, 0.3) is 0 Å². The van der Waals surface area contributed by atoms with E-state index in [2.05, 4.69) is 11.9 Å². The van der Waals surface area contributed by atoms with Gasteiger partial charge in [-0.05, 0) is 25.5 Å². The highest BCUT2D eigenvalue weighted by Crippen LogP contribution is 2.14. The van der Waals surface area contributed by atoms with Gasteiger partial charge in [0.2, 0.25) is 0 Å². The Balaban J connectivity index is 2.44. The molecule has 0 aliphatic rings. The molecule has 3 heteroatoms. The van der Waals surface area contributed by atoms with Crippen molar-refractivity contribution in [2.45, 2.75) is 13.3 Å². The third kappa shape index (κ3) is 3.03. The summed E-state index contributed by atoms with van der Waals surface area (Å²) in [6.45, 7) is 6.24. The van der Waals surface area contributed by atoms with Crippen LogP contribution in [-0.4, -0.2) is 12.5 Å². The van der Waals surface area contributed by atoms with Gasteiger partial charge in [0, 0.05) is 11.4 Å². The molecule has 0 aliphatic heterocycles. The number of amides is 1. The molecule has 0 radical (unpaired) electrons. The van der Waals surface area contributed by atoms with Crippen LogP contribution in [0, 0.1) is 6.92 Å². The van der Waals surface area contributed by atoms with Crippen LogP contribution in [0.5, 0.6) is 0 Å². The van der Waals surface area contributed by atoms with Gasteiger partial charge in [-0.2, -0.15) is 0 Å². The number of rotatable bonds is 4. The molecule has 0 aromatic carbocycles. The number of thiophene rings is 1. The molecule has 1 aromatic heterocycles. The number of hydrogen-bond donors (Lipinski definition) is 1. The summed E-state index contributed by atoms with van der Waals surface area (Å²) in [6.07, 6.45) is 2.61. The summed E-state index contributed by atoms with van der Waals surface area (Å²) in [7, 11) is 0. The van der Waals surface area contributed by atoms with E-state index in [1.54, 1.807) is 6.08 Å². The highest BCUT2D eigenvalue weighted by molar-refractivity contribution is 7.13. The Morgan fingerprint density at radius 2 is 2.46 bits per heavy atom. The Morgan fingerprint density at radius 1 is 1.69 bits per heavy atom. The van der Waals surface area contributed by atoms with Gasteiger partial charge < -0.3 is 5.32 Å². The van der Waals surface area contributed by atoms with Crippen molar-refractivity contribution in [3.8, 4) is 0 Å². The highest BCUT2D eigenvalue weighted by Gasteiger charge is 2.05. The van der Waals surface area contributed by atoms with E-state index in [0.717, 1.165) is 16.2 Å². The fourth-order valence-electron chi connectivity index (χ4n) is 0.931. The maximum absolute atomic E-state index is 11.4. The topological polar surface area (TPSA) is 29.1 Å². The van der Waals surface area contributed by atoms with E-state index in [1.807, 2.05) is 19.1 Å². The largest absolute Gasteiger partial charge is 0.351 e. The first-order valence-corrected chi connectivity index (χ1v) is 5.01. The number of nitrogens with one attached hydrogen (secondary N) is 1. The number of carbonyl (C=O) groups excluding carboxylic acids is 1. The van der Waals surface area contributed by atoms with Crippen molar-refractivity contribution in [1.82, 2.24) is 5.32 Å². The zero-order chi connectivity index (χ0) is 9.68. The van der Waals surface area contributed by atoms with Gasteiger partial charge >= 0.3 is 0 Å². The smallest absolute Gasteiger partial charge is 0.261 e. The van der Waals surface area contributed by atoms with E-state index in [9.17, 15) is 4.79 Å². The number of carbonyl (C=O) groups is 1. The molecule has 1 heterocycles. The molecule has 70 valence electrons. The second kappa shape index (κ2) is 4.82. The molecular formula is C10H13NOS. The molecule has 0 unspecified atom stereocenters. The Morgan fingerprint density at radius 3 is 3.00 bits per heavy atom. The molecule has 1 aromatic rings. The lowest BCUT2D eigenvalue weighted by molar-refractivity contribution is 0.0958. The first kappa shape index (κ1) is 9.99. The zero-order valence-corrected chi connectivity index (χ0v) is 8.49.